The van der Waals surface area contributed by atoms with Gasteiger partial charge in [-0.3, -0.25) is 0 Å². The smallest absolute Gasteiger partial charge is 0.0914 e. The highest BCUT2D eigenvalue weighted by Gasteiger charge is 2.05. The summed E-state index contributed by atoms with van der Waals surface area (Å²) in [7, 11) is 0. The van der Waals surface area contributed by atoms with Gasteiger partial charge < -0.3 is 20.8 Å². The largest absolute Gasteiger partial charge is 0.390 e. The van der Waals surface area contributed by atoms with E-state index in [-0.39, 0.29) is 5.88 Å². The van der Waals surface area contributed by atoms with Crippen LogP contribution in [0.5, 0.6) is 0 Å². The van der Waals surface area contributed by atoms with Crippen LogP contribution in [0.3, 0.4) is 0 Å². The third-order valence-electron chi connectivity index (χ3n) is 3.79. The Balaban J connectivity index is 1.67. The van der Waals surface area contributed by atoms with E-state index in [1.807, 2.05) is 42.5 Å². The third-order valence-corrected chi connectivity index (χ3v) is 4.14. The Morgan fingerprint density at radius 1 is 0.917 bits per heavy atom. The molecule has 24 heavy (non-hydrogen) atoms. The molecular weight excluding hydrogens is 324 g/mol. The van der Waals surface area contributed by atoms with Crippen molar-refractivity contribution in [3.05, 3.63) is 65.7 Å². The summed E-state index contributed by atoms with van der Waals surface area (Å²) in [6, 6.07) is 17.8. The van der Waals surface area contributed by atoms with E-state index >= 15 is 0 Å². The van der Waals surface area contributed by atoms with E-state index < -0.39 is 12.2 Å². The number of hydrogen-bond acceptors (Lipinski definition) is 4. The van der Waals surface area contributed by atoms with Gasteiger partial charge in [-0.05, 0) is 36.2 Å². The van der Waals surface area contributed by atoms with Crippen molar-refractivity contribution >= 4 is 17.3 Å². The topological polar surface area (TPSA) is 64.5 Å². The first-order valence-corrected chi connectivity index (χ1v) is 8.73. The number of anilines is 1. The molecule has 5 heteroatoms. The highest BCUT2D eigenvalue weighted by atomic mass is 35.5. The van der Waals surface area contributed by atoms with Gasteiger partial charge in [-0.25, -0.2) is 0 Å². The quantitative estimate of drug-likeness (QED) is 0.393. The van der Waals surface area contributed by atoms with E-state index in [2.05, 4.69) is 22.8 Å². The van der Waals surface area contributed by atoms with Gasteiger partial charge in [0, 0.05) is 18.8 Å². The maximum atomic E-state index is 10.1. The lowest BCUT2D eigenvalue weighted by Gasteiger charge is -2.13. The zero-order valence-corrected chi connectivity index (χ0v) is 14.4. The standard InChI is InChI=1S/C19H25ClN2O2/c20-12-18(23)13-22-17-8-6-15(7-9-17)10-11-21-14-19(24)16-4-2-1-3-5-16/h1-9,18-19,21-24H,10-14H2. The Morgan fingerprint density at radius 3 is 2.29 bits per heavy atom. The first kappa shape index (κ1) is 18.7. The second-order valence-corrected chi connectivity index (χ2v) is 6.08. The van der Waals surface area contributed by atoms with Crippen LogP contribution in [0.25, 0.3) is 0 Å². The lowest BCUT2D eigenvalue weighted by atomic mass is 10.1. The van der Waals surface area contributed by atoms with Crippen LogP contribution in [0.4, 0.5) is 5.69 Å². The summed E-state index contributed by atoms with van der Waals surface area (Å²) >= 11 is 5.56. The number of hydrogen-bond donors (Lipinski definition) is 4. The number of rotatable bonds is 10. The predicted octanol–water partition coefficient (Wildman–Crippen LogP) is 2.56. The molecular formula is C19H25ClN2O2. The highest BCUT2D eigenvalue weighted by Crippen LogP contribution is 2.12. The number of alkyl halides is 1. The summed E-state index contributed by atoms with van der Waals surface area (Å²) in [5.41, 5.74) is 3.12. The van der Waals surface area contributed by atoms with Crippen LogP contribution < -0.4 is 10.6 Å². The molecule has 4 N–H and O–H groups in total. The maximum absolute atomic E-state index is 10.1. The van der Waals surface area contributed by atoms with Gasteiger partial charge >= 0.3 is 0 Å². The lowest BCUT2D eigenvalue weighted by Crippen LogP contribution is -2.23. The van der Waals surface area contributed by atoms with Gasteiger partial charge in [0.25, 0.3) is 0 Å². The number of aliphatic hydroxyl groups excluding tert-OH is 2. The van der Waals surface area contributed by atoms with Crippen molar-refractivity contribution < 1.29 is 10.2 Å². The van der Waals surface area contributed by atoms with Gasteiger partial charge in [0.15, 0.2) is 0 Å². The van der Waals surface area contributed by atoms with E-state index in [1.165, 1.54) is 5.56 Å². The van der Waals surface area contributed by atoms with Crippen LogP contribution in [0.15, 0.2) is 54.6 Å². The molecule has 0 aromatic heterocycles. The van der Waals surface area contributed by atoms with Crippen molar-refractivity contribution in [2.24, 2.45) is 0 Å². The predicted molar refractivity (Wildman–Crippen MR) is 99.6 cm³/mol. The molecule has 2 unspecified atom stereocenters. The fraction of sp³-hybridized carbons (Fsp3) is 0.368. The molecule has 0 fully saturated rings. The molecule has 2 atom stereocenters. The molecule has 0 aliphatic heterocycles. The first-order valence-electron chi connectivity index (χ1n) is 8.19. The van der Waals surface area contributed by atoms with E-state index in [1.54, 1.807) is 0 Å². The second kappa shape index (κ2) is 10.3. The van der Waals surface area contributed by atoms with E-state index in [0.29, 0.717) is 13.1 Å². The Bertz CT molecular complexity index is 578. The first-order chi connectivity index (χ1) is 11.7. The molecule has 2 rings (SSSR count). The SMILES string of the molecule is OC(CCl)CNc1ccc(CCNCC(O)c2ccccc2)cc1. The monoisotopic (exact) mass is 348 g/mol. The average Bonchev–Trinajstić information content (AvgIpc) is 2.64. The van der Waals surface area contributed by atoms with Gasteiger partial charge in [0.2, 0.25) is 0 Å². The van der Waals surface area contributed by atoms with Crippen molar-refractivity contribution in [3.63, 3.8) is 0 Å². The Labute approximate surface area is 148 Å². The van der Waals surface area contributed by atoms with Gasteiger partial charge in [0.1, 0.15) is 0 Å². The molecule has 130 valence electrons. The summed E-state index contributed by atoms with van der Waals surface area (Å²) < 4.78 is 0. The Hall–Kier alpha value is -1.59. The molecule has 0 amide bonds. The van der Waals surface area contributed by atoms with Gasteiger partial charge in [-0.1, -0.05) is 42.5 Å². The fourth-order valence-corrected chi connectivity index (χ4v) is 2.45. The highest BCUT2D eigenvalue weighted by molar-refractivity contribution is 6.18. The number of nitrogens with one attached hydrogen (secondary N) is 2. The second-order valence-electron chi connectivity index (χ2n) is 5.77. The van der Waals surface area contributed by atoms with Crippen LogP contribution in [0.1, 0.15) is 17.2 Å². The zero-order valence-electron chi connectivity index (χ0n) is 13.7. The molecule has 0 spiro atoms. The van der Waals surface area contributed by atoms with Crippen molar-refractivity contribution in [2.45, 2.75) is 18.6 Å². The van der Waals surface area contributed by atoms with Crippen LogP contribution >= 0.6 is 11.6 Å². The zero-order chi connectivity index (χ0) is 17.2. The summed E-state index contributed by atoms with van der Waals surface area (Å²) in [5, 5.41) is 25.9. The van der Waals surface area contributed by atoms with Crippen molar-refractivity contribution in [2.75, 3.05) is 30.8 Å². The van der Waals surface area contributed by atoms with Crippen LogP contribution in [-0.4, -0.2) is 41.8 Å². The van der Waals surface area contributed by atoms with Crippen LogP contribution in [0.2, 0.25) is 0 Å². The number of benzene rings is 2. The molecule has 0 radical (unpaired) electrons. The Kier molecular flexibility index (Phi) is 8.05. The van der Waals surface area contributed by atoms with E-state index in [4.69, 9.17) is 11.6 Å². The molecule has 2 aromatic carbocycles. The summed E-state index contributed by atoms with van der Waals surface area (Å²) in [6.07, 6.45) is -0.121. The summed E-state index contributed by atoms with van der Waals surface area (Å²) in [4.78, 5) is 0. The van der Waals surface area contributed by atoms with Crippen molar-refractivity contribution in [1.29, 1.82) is 0 Å². The number of halogens is 1. The van der Waals surface area contributed by atoms with Crippen molar-refractivity contribution in [3.8, 4) is 0 Å². The van der Waals surface area contributed by atoms with Crippen LogP contribution in [0, 0.1) is 0 Å². The minimum Gasteiger partial charge on any atom is -0.390 e. The molecule has 4 nitrogen and oxygen atoms in total. The molecule has 0 saturated heterocycles. The lowest BCUT2D eigenvalue weighted by molar-refractivity contribution is 0.175. The normalized spacial score (nSPS) is 13.5. The Morgan fingerprint density at radius 2 is 1.62 bits per heavy atom. The van der Waals surface area contributed by atoms with E-state index in [9.17, 15) is 10.2 Å². The minimum atomic E-state index is -0.536. The molecule has 0 heterocycles. The summed E-state index contributed by atoms with van der Waals surface area (Å²) in [5.74, 6) is 0.228. The maximum Gasteiger partial charge on any atom is 0.0914 e. The average molecular weight is 349 g/mol. The van der Waals surface area contributed by atoms with E-state index in [0.717, 1.165) is 24.2 Å². The number of aliphatic hydroxyl groups is 2. The molecule has 0 aliphatic rings. The van der Waals surface area contributed by atoms with Gasteiger partial charge in [-0.2, -0.15) is 0 Å². The van der Waals surface area contributed by atoms with Gasteiger partial charge in [0.05, 0.1) is 18.1 Å². The molecule has 0 bridgehead atoms. The third kappa shape index (κ3) is 6.49. The molecule has 2 aromatic rings. The fourth-order valence-electron chi connectivity index (χ4n) is 2.34. The summed E-state index contributed by atoms with van der Waals surface area (Å²) in [6.45, 7) is 1.80. The van der Waals surface area contributed by atoms with Gasteiger partial charge in [-0.15, -0.1) is 11.6 Å². The van der Waals surface area contributed by atoms with Crippen LogP contribution in [-0.2, 0) is 6.42 Å². The minimum absolute atomic E-state index is 0.228. The molecule has 0 aliphatic carbocycles. The molecule has 0 saturated carbocycles. The van der Waals surface area contributed by atoms with Crippen molar-refractivity contribution in [1.82, 2.24) is 5.32 Å².